The summed E-state index contributed by atoms with van der Waals surface area (Å²) in [6, 6.07) is 12.0. The van der Waals surface area contributed by atoms with Crippen LogP contribution in [0, 0.1) is 5.82 Å². The Labute approximate surface area is 198 Å². The largest absolute Gasteiger partial charge is 0.490 e. The lowest BCUT2D eigenvalue weighted by Gasteiger charge is -2.28. The van der Waals surface area contributed by atoms with Gasteiger partial charge in [0.15, 0.2) is 0 Å². The van der Waals surface area contributed by atoms with Crippen LogP contribution in [0.4, 0.5) is 17.6 Å². The molecule has 1 aliphatic rings. The molecule has 1 amide bonds. The molecule has 35 heavy (non-hydrogen) atoms. The second kappa shape index (κ2) is 11.1. The average Bonchev–Trinajstić information content (AvgIpc) is 3.35. The van der Waals surface area contributed by atoms with Crippen LogP contribution in [-0.2, 0) is 29.0 Å². The smallest absolute Gasteiger partial charge is 0.475 e. The first-order valence-corrected chi connectivity index (χ1v) is 10.7. The van der Waals surface area contributed by atoms with E-state index < -0.39 is 18.2 Å². The summed E-state index contributed by atoms with van der Waals surface area (Å²) >= 11 is 0. The molecule has 11 heteroatoms. The molecule has 0 saturated heterocycles. The number of aromatic nitrogens is 2. The lowest BCUT2D eigenvalue weighted by Crippen LogP contribution is -2.34. The van der Waals surface area contributed by atoms with E-state index >= 15 is 0 Å². The standard InChI is InChI=1S/C22H23FN4O.C2HF3O2/c1-27(20(28)13-16-3-2-4-17-14-24-10-9-19(16)17)21(22-25-11-12-26-22)15-5-7-18(23)8-6-15;3-2(4,5)1(6)7/h2-8,11-12,21,24H,9-10,13-14H2,1H3,(H,25,26);(H,6,7). The van der Waals surface area contributed by atoms with Crippen molar-refractivity contribution >= 4 is 11.9 Å². The molecule has 186 valence electrons. The Morgan fingerprint density at radius 2 is 1.86 bits per heavy atom. The van der Waals surface area contributed by atoms with Gasteiger partial charge in [0.25, 0.3) is 0 Å². The van der Waals surface area contributed by atoms with Gasteiger partial charge in [-0.2, -0.15) is 13.2 Å². The van der Waals surface area contributed by atoms with Crippen molar-refractivity contribution in [3.63, 3.8) is 0 Å². The van der Waals surface area contributed by atoms with Crippen molar-refractivity contribution in [2.75, 3.05) is 13.6 Å². The predicted molar refractivity (Wildman–Crippen MR) is 119 cm³/mol. The summed E-state index contributed by atoms with van der Waals surface area (Å²) in [6.45, 7) is 1.77. The van der Waals surface area contributed by atoms with E-state index in [1.165, 1.54) is 23.3 Å². The van der Waals surface area contributed by atoms with Crippen LogP contribution >= 0.6 is 0 Å². The number of hydrogen-bond donors (Lipinski definition) is 3. The number of carboxylic acid groups (broad SMARTS) is 1. The van der Waals surface area contributed by atoms with Gasteiger partial charge in [-0.05, 0) is 47.4 Å². The quantitative estimate of drug-likeness (QED) is 0.473. The zero-order valence-corrected chi connectivity index (χ0v) is 18.8. The topological polar surface area (TPSA) is 98.3 Å². The molecule has 0 spiro atoms. The van der Waals surface area contributed by atoms with Crippen LogP contribution in [-0.4, -0.2) is 51.6 Å². The maximum atomic E-state index is 13.4. The lowest BCUT2D eigenvalue weighted by atomic mass is 9.93. The van der Waals surface area contributed by atoms with Gasteiger partial charge in [0, 0.05) is 26.0 Å². The van der Waals surface area contributed by atoms with E-state index in [2.05, 4.69) is 21.4 Å². The van der Waals surface area contributed by atoms with Gasteiger partial charge < -0.3 is 20.3 Å². The molecular weight excluding hydrogens is 468 g/mol. The molecule has 0 fully saturated rings. The summed E-state index contributed by atoms with van der Waals surface area (Å²) in [5.41, 5.74) is 4.43. The van der Waals surface area contributed by atoms with Gasteiger partial charge in [0.2, 0.25) is 5.91 Å². The molecule has 1 aromatic heterocycles. The third-order valence-electron chi connectivity index (χ3n) is 5.57. The Bertz CT molecular complexity index is 1150. The first-order chi connectivity index (χ1) is 16.6. The van der Waals surface area contributed by atoms with Crippen LogP contribution in [0.5, 0.6) is 0 Å². The van der Waals surface area contributed by atoms with Crippen molar-refractivity contribution < 1.29 is 32.3 Å². The summed E-state index contributed by atoms with van der Waals surface area (Å²) in [6.07, 6.45) is -0.435. The van der Waals surface area contributed by atoms with Gasteiger partial charge in [-0.25, -0.2) is 14.2 Å². The van der Waals surface area contributed by atoms with E-state index in [-0.39, 0.29) is 11.7 Å². The number of rotatable bonds is 5. The Kier molecular flexibility index (Phi) is 8.23. The number of aromatic amines is 1. The van der Waals surface area contributed by atoms with Crippen LogP contribution < -0.4 is 5.32 Å². The molecule has 4 rings (SSSR count). The number of amides is 1. The van der Waals surface area contributed by atoms with Crippen LogP contribution in [0.15, 0.2) is 54.9 Å². The Morgan fingerprint density at radius 1 is 1.17 bits per heavy atom. The zero-order chi connectivity index (χ0) is 25.6. The highest BCUT2D eigenvalue weighted by molar-refractivity contribution is 5.80. The van der Waals surface area contributed by atoms with Gasteiger partial charge in [-0.15, -0.1) is 0 Å². The number of nitrogens with one attached hydrogen (secondary N) is 2. The van der Waals surface area contributed by atoms with Crippen molar-refractivity contribution in [2.24, 2.45) is 0 Å². The van der Waals surface area contributed by atoms with E-state index in [1.807, 2.05) is 12.1 Å². The van der Waals surface area contributed by atoms with Gasteiger partial charge in [-0.3, -0.25) is 4.79 Å². The average molecular weight is 492 g/mol. The van der Waals surface area contributed by atoms with Crippen molar-refractivity contribution in [2.45, 2.75) is 31.6 Å². The number of carboxylic acids is 1. The van der Waals surface area contributed by atoms with Crippen LogP contribution in [0.25, 0.3) is 0 Å². The highest BCUT2D eigenvalue weighted by Gasteiger charge is 2.38. The molecule has 0 saturated carbocycles. The molecule has 0 aliphatic carbocycles. The Morgan fingerprint density at radius 3 is 2.46 bits per heavy atom. The Hall–Kier alpha value is -3.73. The molecule has 2 aromatic carbocycles. The highest BCUT2D eigenvalue weighted by Crippen LogP contribution is 2.27. The molecule has 1 unspecified atom stereocenters. The third-order valence-corrected chi connectivity index (χ3v) is 5.57. The molecular formula is C24H24F4N4O3. The lowest BCUT2D eigenvalue weighted by molar-refractivity contribution is -0.192. The van der Waals surface area contributed by atoms with Gasteiger partial charge in [-0.1, -0.05) is 30.3 Å². The molecule has 0 bridgehead atoms. The third kappa shape index (κ3) is 6.66. The molecule has 2 heterocycles. The number of nitrogens with zero attached hydrogens (tertiary/aromatic N) is 2. The molecule has 0 radical (unpaired) electrons. The second-order valence-electron chi connectivity index (χ2n) is 7.89. The van der Waals surface area contributed by atoms with Gasteiger partial charge in [0.1, 0.15) is 17.7 Å². The summed E-state index contributed by atoms with van der Waals surface area (Å²) in [5.74, 6) is -2.41. The minimum absolute atomic E-state index is 0.00217. The second-order valence-corrected chi connectivity index (χ2v) is 7.89. The fraction of sp³-hybridized carbons (Fsp3) is 0.292. The predicted octanol–water partition coefficient (Wildman–Crippen LogP) is 3.62. The maximum absolute atomic E-state index is 13.4. The van der Waals surface area contributed by atoms with E-state index in [0.29, 0.717) is 12.2 Å². The van der Waals surface area contributed by atoms with Gasteiger partial charge in [0.05, 0.1) is 6.42 Å². The van der Waals surface area contributed by atoms with Crippen LogP contribution in [0.1, 0.15) is 34.1 Å². The monoisotopic (exact) mass is 492 g/mol. The number of halogens is 4. The number of imidazole rings is 1. The zero-order valence-electron chi connectivity index (χ0n) is 18.8. The number of carbonyl (C=O) groups excluding carboxylic acids is 1. The molecule has 3 N–H and O–H groups in total. The number of H-pyrrole nitrogens is 1. The summed E-state index contributed by atoms with van der Waals surface area (Å²) < 4.78 is 45.1. The SMILES string of the molecule is CN(C(=O)Cc1cccc2c1CCNC2)C(c1ccc(F)cc1)c1ncc[nH]1.O=C(O)C(F)(F)F. The number of fused-ring (bicyclic) bond motifs is 1. The van der Waals surface area contributed by atoms with E-state index in [9.17, 15) is 22.4 Å². The first-order valence-electron chi connectivity index (χ1n) is 10.7. The molecule has 7 nitrogen and oxygen atoms in total. The van der Waals surface area contributed by atoms with E-state index in [1.54, 1.807) is 36.5 Å². The summed E-state index contributed by atoms with van der Waals surface area (Å²) in [4.78, 5) is 31.2. The molecule has 1 aliphatic heterocycles. The number of likely N-dealkylation sites (N-methyl/N-ethyl adjacent to an activating group) is 1. The fourth-order valence-electron chi connectivity index (χ4n) is 3.85. The minimum atomic E-state index is -5.08. The van der Waals surface area contributed by atoms with Crippen LogP contribution in [0.2, 0.25) is 0 Å². The van der Waals surface area contributed by atoms with E-state index in [0.717, 1.165) is 30.6 Å². The number of aliphatic carboxylic acids is 1. The maximum Gasteiger partial charge on any atom is 0.490 e. The number of carbonyl (C=O) groups is 2. The summed E-state index contributed by atoms with van der Waals surface area (Å²) in [5, 5.41) is 10.5. The normalized spacial score (nSPS) is 13.7. The molecule has 3 aromatic rings. The minimum Gasteiger partial charge on any atom is -0.475 e. The summed E-state index contributed by atoms with van der Waals surface area (Å²) in [7, 11) is 1.77. The highest BCUT2D eigenvalue weighted by atomic mass is 19.4. The molecule has 1 atom stereocenters. The van der Waals surface area contributed by atoms with Crippen LogP contribution in [0.3, 0.4) is 0 Å². The van der Waals surface area contributed by atoms with E-state index in [4.69, 9.17) is 9.90 Å². The Balaban J connectivity index is 0.000000429. The number of alkyl halides is 3. The fourth-order valence-corrected chi connectivity index (χ4v) is 3.85. The van der Waals surface area contributed by atoms with Crippen molar-refractivity contribution in [1.29, 1.82) is 0 Å². The van der Waals surface area contributed by atoms with Crippen molar-refractivity contribution in [3.05, 3.63) is 88.8 Å². The first kappa shape index (κ1) is 25.9. The number of hydrogen-bond acceptors (Lipinski definition) is 4. The van der Waals surface area contributed by atoms with Crippen molar-refractivity contribution in [3.8, 4) is 0 Å². The van der Waals surface area contributed by atoms with Crippen molar-refractivity contribution in [1.82, 2.24) is 20.2 Å². The number of benzene rings is 2. The van der Waals surface area contributed by atoms with Gasteiger partial charge >= 0.3 is 12.1 Å².